The average Bonchev–Trinajstić information content (AvgIpc) is 3.15. The minimum atomic E-state index is 0.147. The van der Waals surface area contributed by atoms with Gasteiger partial charge in [-0.3, -0.25) is 4.79 Å². The van der Waals surface area contributed by atoms with Crippen molar-refractivity contribution in [3.63, 3.8) is 0 Å². The Morgan fingerprint density at radius 3 is 2.95 bits per heavy atom. The van der Waals surface area contributed by atoms with E-state index in [1.54, 1.807) is 6.33 Å². The molecule has 1 saturated heterocycles. The summed E-state index contributed by atoms with van der Waals surface area (Å²) in [6.45, 7) is 2.29. The summed E-state index contributed by atoms with van der Waals surface area (Å²) in [6, 6.07) is 0. The van der Waals surface area contributed by atoms with Gasteiger partial charge in [-0.2, -0.15) is 0 Å². The molecule has 0 bridgehead atoms. The number of amides is 1. The SMILES string of the molecule is Cn1cnnc1C1CCCN(C(=O)C2CCCC2CN)C1. The Labute approximate surface area is 125 Å². The third kappa shape index (κ3) is 2.81. The van der Waals surface area contributed by atoms with Crippen molar-refractivity contribution >= 4 is 5.91 Å². The van der Waals surface area contributed by atoms with Crippen LogP contribution in [0.2, 0.25) is 0 Å². The van der Waals surface area contributed by atoms with Gasteiger partial charge in [0.2, 0.25) is 5.91 Å². The fourth-order valence-electron chi connectivity index (χ4n) is 3.93. The maximum atomic E-state index is 12.8. The van der Waals surface area contributed by atoms with Gasteiger partial charge in [-0.15, -0.1) is 10.2 Å². The number of hydrogen-bond acceptors (Lipinski definition) is 4. The molecule has 0 spiro atoms. The van der Waals surface area contributed by atoms with E-state index in [0.29, 0.717) is 24.3 Å². The highest BCUT2D eigenvalue weighted by atomic mass is 16.2. The highest BCUT2D eigenvalue weighted by Crippen LogP contribution is 2.34. The Hall–Kier alpha value is -1.43. The number of aryl methyl sites for hydroxylation is 1. The number of hydrogen-bond donors (Lipinski definition) is 1. The Morgan fingerprint density at radius 2 is 2.24 bits per heavy atom. The van der Waals surface area contributed by atoms with E-state index >= 15 is 0 Å². The molecule has 3 unspecified atom stereocenters. The summed E-state index contributed by atoms with van der Waals surface area (Å²) in [5.74, 6) is 2.15. The average molecular weight is 291 g/mol. The van der Waals surface area contributed by atoms with Crippen molar-refractivity contribution in [1.29, 1.82) is 0 Å². The number of aromatic nitrogens is 3. The Morgan fingerprint density at radius 1 is 1.38 bits per heavy atom. The minimum absolute atomic E-state index is 0.147. The van der Waals surface area contributed by atoms with Crippen LogP contribution in [0.25, 0.3) is 0 Å². The van der Waals surface area contributed by atoms with Crippen LogP contribution in [0.15, 0.2) is 6.33 Å². The largest absolute Gasteiger partial charge is 0.342 e. The van der Waals surface area contributed by atoms with Crippen molar-refractivity contribution in [3.8, 4) is 0 Å². The molecule has 2 aliphatic rings. The van der Waals surface area contributed by atoms with Crippen molar-refractivity contribution in [1.82, 2.24) is 19.7 Å². The minimum Gasteiger partial charge on any atom is -0.342 e. The number of piperidine rings is 1. The maximum Gasteiger partial charge on any atom is 0.226 e. The molecule has 0 aromatic carbocycles. The third-order valence-electron chi connectivity index (χ3n) is 5.12. The molecule has 6 heteroatoms. The molecule has 1 amide bonds. The standard InChI is InChI=1S/C15H25N5O/c1-19-10-17-18-14(19)12-5-3-7-20(9-12)15(21)13-6-2-4-11(13)8-16/h10-13H,2-9,16H2,1H3. The molecule has 1 saturated carbocycles. The number of carbonyl (C=O) groups excluding carboxylic acids is 1. The van der Waals surface area contributed by atoms with Crippen molar-refractivity contribution in [2.75, 3.05) is 19.6 Å². The summed E-state index contributed by atoms with van der Waals surface area (Å²) < 4.78 is 1.97. The predicted octanol–water partition coefficient (Wildman–Crippen LogP) is 0.896. The van der Waals surface area contributed by atoms with Crippen LogP contribution in [0.3, 0.4) is 0 Å². The normalized spacial score (nSPS) is 29.8. The van der Waals surface area contributed by atoms with Crippen LogP contribution in [-0.2, 0) is 11.8 Å². The highest BCUT2D eigenvalue weighted by molar-refractivity contribution is 5.79. The third-order valence-corrected chi connectivity index (χ3v) is 5.12. The summed E-state index contributed by atoms with van der Waals surface area (Å²) in [7, 11) is 1.97. The first kappa shape index (κ1) is 14.5. The van der Waals surface area contributed by atoms with Gasteiger partial charge in [0, 0.05) is 32.0 Å². The van der Waals surface area contributed by atoms with Gasteiger partial charge in [-0.25, -0.2) is 0 Å². The molecule has 21 heavy (non-hydrogen) atoms. The number of rotatable bonds is 3. The smallest absolute Gasteiger partial charge is 0.226 e. The maximum absolute atomic E-state index is 12.8. The Balaban J connectivity index is 1.68. The van der Waals surface area contributed by atoms with Gasteiger partial charge in [0.15, 0.2) is 0 Å². The van der Waals surface area contributed by atoms with E-state index < -0.39 is 0 Å². The molecule has 2 fully saturated rings. The molecule has 1 aromatic rings. The first-order chi connectivity index (χ1) is 10.2. The molecule has 0 radical (unpaired) electrons. The van der Waals surface area contributed by atoms with Gasteiger partial charge in [0.1, 0.15) is 12.2 Å². The summed E-state index contributed by atoms with van der Waals surface area (Å²) in [4.78, 5) is 14.8. The molecule has 1 aromatic heterocycles. The summed E-state index contributed by atoms with van der Waals surface area (Å²) in [6.07, 6.45) is 7.11. The summed E-state index contributed by atoms with van der Waals surface area (Å²) in [5, 5.41) is 8.18. The molecule has 3 rings (SSSR count). The van der Waals surface area contributed by atoms with Crippen molar-refractivity contribution in [3.05, 3.63) is 12.2 Å². The molecule has 2 heterocycles. The van der Waals surface area contributed by atoms with E-state index in [9.17, 15) is 4.79 Å². The molecule has 116 valence electrons. The molecule has 6 nitrogen and oxygen atoms in total. The van der Waals surface area contributed by atoms with E-state index in [0.717, 1.165) is 51.0 Å². The lowest BCUT2D eigenvalue weighted by Crippen LogP contribution is -2.44. The van der Waals surface area contributed by atoms with Crippen molar-refractivity contribution < 1.29 is 4.79 Å². The lowest BCUT2D eigenvalue weighted by Gasteiger charge is -2.35. The summed E-state index contributed by atoms with van der Waals surface area (Å²) in [5.41, 5.74) is 5.82. The molecule has 2 N–H and O–H groups in total. The monoisotopic (exact) mass is 291 g/mol. The Bertz CT molecular complexity index is 500. The van der Waals surface area contributed by atoms with Gasteiger partial charge in [-0.1, -0.05) is 6.42 Å². The second kappa shape index (κ2) is 6.13. The van der Waals surface area contributed by atoms with E-state index in [1.165, 1.54) is 0 Å². The quantitative estimate of drug-likeness (QED) is 0.897. The van der Waals surface area contributed by atoms with Gasteiger partial charge in [-0.05, 0) is 38.1 Å². The lowest BCUT2D eigenvalue weighted by atomic mass is 9.91. The van der Waals surface area contributed by atoms with E-state index in [-0.39, 0.29) is 5.92 Å². The summed E-state index contributed by atoms with van der Waals surface area (Å²) >= 11 is 0. The van der Waals surface area contributed by atoms with E-state index in [4.69, 9.17) is 5.73 Å². The van der Waals surface area contributed by atoms with Crippen LogP contribution in [0, 0.1) is 11.8 Å². The molecular formula is C15H25N5O. The number of carbonyl (C=O) groups is 1. The van der Waals surface area contributed by atoms with Crippen LogP contribution in [0.5, 0.6) is 0 Å². The zero-order valence-corrected chi connectivity index (χ0v) is 12.7. The number of nitrogens with zero attached hydrogens (tertiary/aromatic N) is 4. The zero-order chi connectivity index (χ0) is 14.8. The van der Waals surface area contributed by atoms with E-state index in [2.05, 4.69) is 10.2 Å². The zero-order valence-electron chi connectivity index (χ0n) is 12.7. The second-order valence-electron chi connectivity index (χ2n) is 6.46. The Kier molecular flexibility index (Phi) is 4.24. The van der Waals surface area contributed by atoms with E-state index in [1.807, 2.05) is 16.5 Å². The van der Waals surface area contributed by atoms with Crippen LogP contribution in [-0.4, -0.2) is 45.2 Å². The second-order valence-corrected chi connectivity index (χ2v) is 6.46. The predicted molar refractivity (Wildman–Crippen MR) is 79.4 cm³/mol. The highest BCUT2D eigenvalue weighted by Gasteiger charge is 2.36. The molecule has 1 aliphatic carbocycles. The fraction of sp³-hybridized carbons (Fsp3) is 0.800. The first-order valence-corrected chi connectivity index (χ1v) is 8.03. The van der Waals surface area contributed by atoms with Crippen molar-refractivity contribution in [2.45, 2.75) is 38.0 Å². The van der Waals surface area contributed by atoms with Gasteiger partial charge < -0.3 is 15.2 Å². The number of likely N-dealkylation sites (tertiary alicyclic amines) is 1. The van der Waals surface area contributed by atoms with Gasteiger partial charge >= 0.3 is 0 Å². The van der Waals surface area contributed by atoms with Crippen molar-refractivity contribution in [2.24, 2.45) is 24.6 Å². The molecule has 3 atom stereocenters. The topological polar surface area (TPSA) is 77.0 Å². The number of nitrogens with two attached hydrogens (primary N) is 1. The van der Waals surface area contributed by atoms with Crippen LogP contribution in [0.4, 0.5) is 0 Å². The molecular weight excluding hydrogens is 266 g/mol. The van der Waals surface area contributed by atoms with Crippen LogP contribution in [0.1, 0.15) is 43.8 Å². The fourth-order valence-corrected chi connectivity index (χ4v) is 3.93. The van der Waals surface area contributed by atoms with Gasteiger partial charge in [0.05, 0.1) is 0 Å². The van der Waals surface area contributed by atoms with Gasteiger partial charge in [0.25, 0.3) is 0 Å². The molecule has 1 aliphatic heterocycles. The first-order valence-electron chi connectivity index (χ1n) is 8.03. The van der Waals surface area contributed by atoms with Crippen LogP contribution >= 0.6 is 0 Å². The lowest BCUT2D eigenvalue weighted by molar-refractivity contribution is -0.137. The van der Waals surface area contributed by atoms with Crippen LogP contribution < -0.4 is 5.73 Å².